The van der Waals surface area contributed by atoms with Gasteiger partial charge in [-0.3, -0.25) is 14.9 Å². The van der Waals surface area contributed by atoms with E-state index in [1.165, 1.54) is 13.2 Å². The highest BCUT2D eigenvalue weighted by Crippen LogP contribution is 2.34. The number of rotatable bonds is 5. The molecule has 1 amide bonds. The van der Waals surface area contributed by atoms with Gasteiger partial charge in [-0.15, -0.1) is 0 Å². The monoisotopic (exact) mass is 372 g/mol. The molecule has 0 saturated carbocycles. The Morgan fingerprint density at radius 2 is 2.11 bits per heavy atom. The van der Waals surface area contributed by atoms with Crippen LogP contribution in [-0.2, 0) is 4.79 Å². The minimum atomic E-state index is -0.898. The minimum absolute atomic E-state index is 0.0164. The molecule has 1 aliphatic rings. The second-order valence-corrected chi connectivity index (χ2v) is 5.43. The molecule has 1 atom stereocenters. The SMILES string of the molecule is COc1cc(/C=N\NC(=O)[C@H]2COc3ccccc3O2)cc([N+](=O)[O-])c1[O-]. The van der Waals surface area contributed by atoms with E-state index in [0.29, 0.717) is 11.5 Å². The Balaban J connectivity index is 1.68. The van der Waals surface area contributed by atoms with Gasteiger partial charge in [-0.05, 0) is 18.2 Å². The van der Waals surface area contributed by atoms with E-state index in [9.17, 15) is 20.0 Å². The molecule has 0 bridgehead atoms. The lowest BCUT2D eigenvalue weighted by Gasteiger charge is -2.24. The van der Waals surface area contributed by atoms with E-state index < -0.39 is 28.4 Å². The van der Waals surface area contributed by atoms with Crippen molar-refractivity contribution in [3.05, 3.63) is 52.1 Å². The molecule has 10 nitrogen and oxygen atoms in total. The van der Waals surface area contributed by atoms with Crippen molar-refractivity contribution >= 4 is 17.8 Å². The Bertz CT molecular complexity index is 913. The largest absolute Gasteiger partial charge is 0.865 e. The topological polar surface area (TPSA) is 135 Å². The first kappa shape index (κ1) is 18.0. The molecule has 27 heavy (non-hydrogen) atoms. The Hall–Kier alpha value is -3.82. The highest BCUT2D eigenvalue weighted by atomic mass is 16.6. The second-order valence-electron chi connectivity index (χ2n) is 5.43. The van der Waals surface area contributed by atoms with Crippen LogP contribution in [-0.4, -0.2) is 36.9 Å². The summed E-state index contributed by atoms with van der Waals surface area (Å²) in [6.45, 7) is 0.0164. The Morgan fingerprint density at radius 1 is 1.37 bits per heavy atom. The summed E-state index contributed by atoms with van der Waals surface area (Å²) in [5, 5.41) is 26.4. The summed E-state index contributed by atoms with van der Waals surface area (Å²) >= 11 is 0. The van der Waals surface area contributed by atoms with Crippen LogP contribution in [0.15, 0.2) is 41.5 Å². The molecule has 0 radical (unpaired) electrons. The summed E-state index contributed by atoms with van der Waals surface area (Å²) in [5.41, 5.74) is 1.83. The molecule has 0 unspecified atom stereocenters. The Morgan fingerprint density at radius 3 is 2.81 bits per heavy atom. The quantitative estimate of drug-likeness (QED) is 0.469. The first-order chi connectivity index (χ1) is 13.0. The van der Waals surface area contributed by atoms with Gasteiger partial charge in [0.15, 0.2) is 11.5 Å². The normalized spacial score (nSPS) is 15.4. The molecule has 1 heterocycles. The van der Waals surface area contributed by atoms with Crippen LogP contribution >= 0.6 is 0 Å². The van der Waals surface area contributed by atoms with Gasteiger partial charge in [-0.2, -0.15) is 5.10 Å². The fourth-order valence-corrected chi connectivity index (χ4v) is 2.36. The number of nitro benzene ring substituents is 1. The van der Waals surface area contributed by atoms with E-state index >= 15 is 0 Å². The van der Waals surface area contributed by atoms with Crippen molar-refractivity contribution in [2.24, 2.45) is 5.10 Å². The van der Waals surface area contributed by atoms with Crippen LogP contribution in [0.3, 0.4) is 0 Å². The van der Waals surface area contributed by atoms with Crippen LogP contribution < -0.4 is 24.7 Å². The average molecular weight is 372 g/mol. The first-order valence-electron chi connectivity index (χ1n) is 7.74. The zero-order valence-corrected chi connectivity index (χ0v) is 14.1. The zero-order chi connectivity index (χ0) is 19.4. The number of nitrogens with one attached hydrogen (secondary N) is 1. The maximum Gasteiger partial charge on any atom is 0.284 e. The highest BCUT2D eigenvalue weighted by molar-refractivity contribution is 5.86. The van der Waals surface area contributed by atoms with E-state index in [-0.39, 0.29) is 17.9 Å². The van der Waals surface area contributed by atoms with E-state index in [1.54, 1.807) is 24.3 Å². The van der Waals surface area contributed by atoms with Crippen molar-refractivity contribution in [1.82, 2.24) is 5.43 Å². The molecule has 0 spiro atoms. The Kier molecular flexibility index (Phi) is 5.06. The van der Waals surface area contributed by atoms with Crippen LogP contribution in [0, 0.1) is 10.1 Å². The molecular formula is C17H14N3O7-. The fourth-order valence-electron chi connectivity index (χ4n) is 2.36. The number of amides is 1. The molecule has 2 aromatic carbocycles. The molecule has 140 valence electrons. The standard InChI is InChI=1S/C17H15N3O7/c1-25-14-7-10(6-11(16(14)21)20(23)24)8-18-19-17(22)15-9-26-12-4-2-3-5-13(12)27-15/h2-8,15,21H,9H2,1H3,(H,19,22)/p-1/b18-8-/t15-/m1/s1. The molecule has 0 aliphatic carbocycles. The van der Waals surface area contributed by atoms with E-state index in [4.69, 9.17) is 14.2 Å². The van der Waals surface area contributed by atoms with Crippen molar-refractivity contribution in [3.8, 4) is 23.0 Å². The smallest absolute Gasteiger partial charge is 0.284 e. The lowest BCUT2D eigenvalue weighted by Crippen LogP contribution is -2.42. The van der Waals surface area contributed by atoms with Crippen LogP contribution in [0.5, 0.6) is 23.0 Å². The van der Waals surface area contributed by atoms with E-state index in [0.717, 1.165) is 12.3 Å². The molecule has 0 aromatic heterocycles. The molecule has 1 N–H and O–H groups in total. The van der Waals surface area contributed by atoms with E-state index in [1.807, 2.05) is 0 Å². The minimum Gasteiger partial charge on any atom is -0.865 e. The number of hydrazone groups is 1. The number of para-hydroxylation sites is 2. The first-order valence-corrected chi connectivity index (χ1v) is 7.74. The van der Waals surface area contributed by atoms with Crippen LogP contribution in [0.1, 0.15) is 5.56 Å². The van der Waals surface area contributed by atoms with E-state index in [2.05, 4.69) is 10.5 Å². The molecule has 2 aromatic rings. The van der Waals surface area contributed by atoms with Gasteiger partial charge in [-0.25, -0.2) is 5.43 Å². The zero-order valence-electron chi connectivity index (χ0n) is 14.1. The van der Waals surface area contributed by atoms with Crippen molar-refractivity contribution in [1.29, 1.82) is 0 Å². The number of fused-ring (bicyclic) bond motifs is 1. The van der Waals surface area contributed by atoms with Crippen molar-refractivity contribution < 1.29 is 29.0 Å². The average Bonchev–Trinajstić information content (AvgIpc) is 2.68. The number of benzene rings is 2. The van der Waals surface area contributed by atoms with Gasteiger partial charge in [0.1, 0.15) is 12.4 Å². The van der Waals surface area contributed by atoms with Gasteiger partial charge in [0.05, 0.1) is 18.2 Å². The third-order valence-electron chi connectivity index (χ3n) is 3.66. The van der Waals surface area contributed by atoms with Crippen molar-refractivity contribution in [3.63, 3.8) is 0 Å². The number of nitro groups is 1. The van der Waals surface area contributed by atoms with Crippen LogP contribution in [0.25, 0.3) is 0 Å². The number of carbonyl (C=O) groups is 1. The maximum absolute atomic E-state index is 12.1. The predicted molar refractivity (Wildman–Crippen MR) is 91.2 cm³/mol. The summed E-state index contributed by atoms with van der Waals surface area (Å²) in [7, 11) is 1.22. The summed E-state index contributed by atoms with van der Waals surface area (Å²) in [6.07, 6.45) is 0.259. The molecule has 3 rings (SSSR count). The summed E-state index contributed by atoms with van der Waals surface area (Å²) in [5.74, 6) is -0.600. The number of hydrogen-bond acceptors (Lipinski definition) is 8. The van der Waals surface area contributed by atoms with Crippen LogP contribution in [0.2, 0.25) is 0 Å². The van der Waals surface area contributed by atoms with Gasteiger partial charge in [0.2, 0.25) is 6.10 Å². The van der Waals surface area contributed by atoms with Gasteiger partial charge in [0, 0.05) is 17.4 Å². The second kappa shape index (κ2) is 7.60. The lowest BCUT2D eigenvalue weighted by atomic mass is 10.2. The molecule has 10 heteroatoms. The highest BCUT2D eigenvalue weighted by Gasteiger charge is 2.27. The molecule has 0 saturated heterocycles. The summed E-state index contributed by atoms with van der Waals surface area (Å²) < 4.78 is 15.8. The molecule has 0 fully saturated rings. The van der Waals surface area contributed by atoms with Crippen molar-refractivity contribution in [2.75, 3.05) is 13.7 Å². The third kappa shape index (κ3) is 3.89. The summed E-state index contributed by atoms with van der Waals surface area (Å²) in [4.78, 5) is 22.3. The number of nitrogens with zero attached hydrogens (tertiary/aromatic N) is 2. The lowest BCUT2D eigenvalue weighted by molar-refractivity contribution is -0.398. The number of ether oxygens (including phenoxy) is 3. The predicted octanol–water partition coefficient (Wildman–Crippen LogP) is 0.967. The maximum atomic E-state index is 12.1. The molecule has 1 aliphatic heterocycles. The van der Waals surface area contributed by atoms with Crippen LogP contribution in [0.4, 0.5) is 5.69 Å². The third-order valence-corrected chi connectivity index (χ3v) is 3.66. The number of hydrogen-bond donors (Lipinski definition) is 1. The Labute approximate surface area is 153 Å². The van der Waals surface area contributed by atoms with Gasteiger partial charge in [-0.1, -0.05) is 12.1 Å². The number of methoxy groups -OCH3 is 1. The van der Waals surface area contributed by atoms with Gasteiger partial charge < -0.3 is 19.3 Å². The number of carbonyl (C=O) groups excluding carboxylic acids is 1. The fraction of sp³-hybridized carbons (Fsp3) is 0.176. The van der Waals surface area contributed by atoms with Gasteiger partial charge in [0.25, 0.3) is 11.6 Å². The molecular weight excluding hydrogens is 358 g/mol. The van der Waals surface area contributed by atoms with Gasteiger partial charge >= 0.3 is 0 Å². The summed E-state index contributed by atoms with van der Waals surface area (Å²) in [6, 6.07) is 9.25. The van der Waals surface area contributed by atoms with Crippen molar-refractivity contribution in [2.45, 2.75) is 6.10 Å².